The van der Waals surface area contributed by atoms with Gasteiger partial charge in [0.1, 0.15) is 6.61 Å². The van der Waals surface area contributed by atoms with Gasteiger partial charge >= 0.3 is 12.1 Å². The number of carbonyl (C=O) groups is 3. The third-order valence-corrected chi connectivity index (χ3v) is 3.98. The minimum atomic E-state index is -1.29. The van der Waals surface area contributed by atoms with E-state index in [1.165, 1.54) is 6.92 Å². The van der Waals surface area contributed by atoms with Crippen molar-refractivity contribution in [2.75, 3.05) is 20.1 Å². The zero-order valence-corrected chi connectivity index (χ0v) is 13.9. The second-order valence-electron chi connectivity index (χ2n) is 5.74. The molecule has 1 aromatic carbocycles. The molecule has 130 valence electrons. The van der Waals surface area contributed by atoms with E-state index in [1.807, 2.05) is 30.3 Å². The largest absolute Gasteiger partial charge is 0.445 e. The number of alkyl carbamates (subject to hydrolysis) is 1. The standard InChI is InChI=1S/C17H22N2O5/c1-13(20)24-17(9-6-10-19(17)2)15(21)11-18-16(22)23-12-14-7-4-3-5-8-14/h3-5,7-8H,6,9-12H2,1-2H3,(H,18,22). The highest BCUT2D eigenvalue weighted by atomic mass is 16.6. The van der Waals surface area contributed by atoms with Crippen molar-refractivity contribution in [1.82, 2.24) is 10.2 Å². The Balaban J connectivity index is 1.86. The Hall–Kier alpha value is -2.41. The van der Waals surface area contributed by atoms with Gasteiger partial charge in [0, 0.05) is 19.9 Å². The van der Waals surface area contributed by atoms with E-state index in [9.17, 15) is 14.4 Å². The van der Waals surface area contributed by atoms with Crippen molar-refractivity contribution in [3.63, 3.8) is 0 Å². The van der Waals surface area contributed by atoms with E-state index in [2.05, 4.69) is 5.32 Å². The molecule has 0 aliphatic carbocycles. The highest BCUT2D eigenvalue weighted by Crippen LogP contribution is 2.30. The van der Waals surface area contributed by atoms with Gasteiger partial charge < -0.3 is 14.8 Å². The number of hydrogen-bond donors (Lipinski definition) is 1. The number of rotatable bonds is 6. The lowest BCUT2D eigenvalue weighted by Crippen LogP contribution is -2.55. The SMILES string of the molecule is CC(=O)OC1(C(=O)CNC(=O)OCc2ccccc2)CCCN1C. The molecule has 1 atom stereocenters. The van der Waals surface area contributed by atoms with Crippen LogP contribution in [0.2, 0.25) is 0 Å². The van der Waals surface area contributed by atoms with E-state index in [0.717, 1.165) is 12.0 Å². The van der Waals surface area contributed by atoms with E-state index < -0.39 is 17.8 Å². The second kappa shape index (κ2) is 7.92. The molecule has 1 saturated heterocycles. The Morgan fingerprint density at radius 2 is 1.96 bits per heavy atom. The quantitative estimate of drug-likeness (QED) is 0.793. The third kappa shape index (κ3) is 4.32. The van der Waals surface area contributed by atoms with Crippen molar-refractivity contribution in [2.24, 2.45) is 0 Å². The number of nitrogens with zero attached hydrogens (tertiary/aromatic N) is 1. The molecule has 1 N–H and O–H groups in total. The third-order valence-electron chi connectivity index (χ3n) is 3.98. The smallest absolute Gasteiger partial charge is 0.407 e. The molecule has 0 aromatic heterocycles. The van der Waals surface area contributed by atoms with Crippen LogP contribution in [0.15, 0.2) is 30.3 Å². The number of likely N-dealkylation sites (N-methyl/N-ethyl adjacent to an activating group) is 1. The van der Waals surface area contributed by atoms with E-state index in [-0.39, 0.29) is 18.9 Å². The number of nitrogens with one attached hydrogen (secondary N) is 1. The van der Waals surface area contributed by atoms with E-state index in [1.54, 1.807) is 11.9 Å². The fourth-order valence-corrected chi connectivity index (χ4v) is 2.77. The zero-order chi connectivity index (χ0) is 17.6. The van der Waals surface area contributed by atoms with Gasteiger partial charge in [-0.3, -0.25) is 14.5 Å². The van der Waals surface area contributed by atoms with Crippen LogP contribution in [0.4, 0.5) is 4.79 Å². The van der Waals surface area contributed by atoms with Gasteiger partial charge in [0.25, 0.3) is 0 Å². The molecule has 1 unspecified atom stereocenters. The van der Waals surface area contributed by atoms with Crippen LogP contribution in [0.1, 0.15) is 25.3 Å². The summed E-state index contributed by atoms with van der Waals surface area (Å²) in [5, 5.41) is 2.42. The van der Waals surface area contributed by atoms with Crippen molar-refractivity contribution in [1.29, 1.82) is 0 Å². The van der Waals surface area contributed by atoms with Gasteiger partial charge in [-0.05, 0) is 19.0 Å². The number of Topliss-reactive ketones (excluding diaryl/α,β-unsaturated/α-hetero) is 1. The van der Waals surface area contributed by atoms with Crippen LogP contribution in [-0.4, -0.2) is 48.6 Å². The average molecular weight is 334 g/mol. The molecule has 7 heteroatoms. The average Bonchev–Trinajstić information content (AvgIpc) is 2.92. The molecule has 1 amide bonds. The predicted octanol–water partition coefficient (Wildman–Crippen LogP) is 1.47. The first kappa shape index (κ1) is 17.9. The summed E-state index contributed by atoms with van der Waals surface area (Å²) in [7, 11) is 1.72. The number of benzene rings is 1. The summed E-state index contributed by atoms with van der Waals surface area (Å²) in [5.41, 5.74) is -0.440. The van der Waals surface area contributed by atoms with E-state index in [0.29, 0.717) is 13.0 Å². The van der Waals surface area contributed by atoms with Gasteiger partial charge in [0.15, 0.2) is 0 Å². The van der Waals surface area contributed by atoms with Crippen LogP contribution >= 0.6 is 0 Å². The minimum absolute atomic E-state index is 0.121. The highest BCUT2D eigenvalue weighted by Gasteiger charge is 2.48. The molecule has 1 heterocycles. The molecule has 1 aliphatic rings. The summed E-state index contributed by atoms with van der Waals surface area (Å²) in [5.74, 6) is -0.891. The van der Waals surface area contributed by atoms with Crippen molar-refractivity contribution < 1.29 is 23.9 Å². The first-order valence-electron chi connectivity index (χ1n) is 7.83. The Morgan fingerprint density at radius 3 is 2.54 bits per heavy atom. The first-order valence-corrected chi connectivity index (χ1v) is 7.83. The van der Waals surface area contributed by atoms with Crippen molar-refractivity contribution in [3.8, 4) is 0 Å². The molecule has 1 aromatic rings. The molecule has 0 spiro atoms. The summed E-state index contributed by atoms with van der Waals surface area (Å²) in [4.78, 5) is 37.3. The number of ether oxygens (including phenoxy) is 2. The lowest BCUT2D eigenvalue weighted by atomic mass is 10.1. The van der Waals surface area contributed by atoms with Gasteiger partial charge in [-0.25, -0.2) is 4.79 Å². The predicted molar refractivity (Wildman–Crippen MR) is 86.0 cm³/mol. The number of esters is 1. The number of ketones is 1. The Bertz CT molecular complexity index is 604. The van der Waals surface area contributed by atoms with Crippen LogP contribution in [0.3, 0.4) is 0 Å². The fourth-order valence-electron chi connectivity index (χ4n) is 2.77. The highest BCUT2D eigenvalue weighted by molar-refractivity contribution is 5.92. The second-order valence-corrected chi connectivity index (χ2v) is 5.74. The van der Waals surface area contributed by atoms with Crippen molar-refractivity contribution in [3.05, 3.63) is 35.9 Å². The normalized spacial score (nSPS) is 20.4. The molecule has 2 rings (SSSR count). The van der Waals surface area contributed by atoms with Crippen molar-refractivity contribution in [2.45, 2.75) is 32.1 Å². The summed E-state index contributed by atoms with van der Waals surface area (Å²) >= 11 is 0. The molecule has 0 saturated carbocycles. The number of amides is 1. The van der Waals surface area contributed by atoms with Crippen LogP contribution in [0, 0.1) is 0 Å². The number of likely N-dealkylation sites (tertiary alicyclic amines) is 1. The number of carbonyl (C=O) groups excluding carboxylic acids is 3. The van der Waals surface area contributed by atoms with E-state index in [4.69, 9.17) is 9.47 Å². The zero-order valence-electron chi connectivity index (χ0n) is 13.9. The van der Waals surface area contributed by atoms with E-state index >= 15 is 0 Å². The fraction of sp³-hybridized carbons (Fsp3) is 0.471. The van der Waals surface area contributed by atoms with Crippen LogP contribution < -0.4 is 5.32 Å². The monoisotopic (exact) mass is 334 g/mol. The topological polar surface area (TPSA) is 84.9 Å². The summed E-state index contributed by atoms with van der Waals surface area (Å²) < 4.78 is 10.3. The Morgan fingerprint density at radius 1 is 1.25 bits per heavy atom. The summed E-state index contributed by atoms with van der Waals surface area (Å²) in [6.07, 6.45) is 0.474. The Kier molecular flexibility index (Phi) is 5.92. The molecular weight excluding hydrogens is 312 g/mol. The molecule has 1 aliphatic heterocycles. The lowest BCUT2D eigenvalue weighted by molar-refractivity contribution is -0.181. The molecule has 1 fully saturated rings. The van der Waals surface area contributed by atoms with Crippen molar-refractivity contribution >= 4 is 17.8 Å². The molecular formula is C17H22N2O5. The first-order chi connectivity index (χ1) is 11.4. The maximum Gasteiger partial charge on any atom is 0.407 e. The number of hydrogen-bond acceptors (Lipinski definition) is 6. The summed E-state index contributed by atoms with van der Waals surface area (Å²) in [6, 6.07) is 9.23. The van der Waals surface area contributed by atoms with Crippen LogP contribution in [-0.2, 0) is 25.7 Å². The van der Waals surface area contributed by atoms with Crippen LogP contribution in [0.5, 0.6) is 0 Å². The maximum absolute atomic E-state index is 12.5. The van der Waals surface area contributed by atoms with Gasteiger partial charge in [-0.2, -0.15) is 0 Å². The summed E-state index contributed by atoms with van der Waals surface area (Å²) in [6.45, 7) is 1.78. The van der Waals surface area contributed by atoms with Gasteiger partial charge in [-0.15, -0.1) is 0 Å². The minimum Gasteiger partial charge on any atom is -0.445 e. The Labute approximate surface area is 140 Å². The molecule has 7 nitrogen and oxygen atoms in total. The maximum atomic E-state index is 12.5. The van der Waals surface area contributed by atoms with Crippen LogP contribution in [0.25, 0.3) is 0 Å². The van der Waals surface area contributed by atoms with Gasteiger partial charge in [-0.1, -0.05) is 30.3 Å². The van der Waals surface area contributed by atoms with Gasteiger partial charge in [0.2, 0.25) is 11.5 Å². The molecule has 0 bridgehead atoms. The molecule has 24 heavy (non-hydrogen) atoms. The molecule has 0 radical (unpaired) electrons. The lowest BCUT2D eigenvalue weighted by Gasteiger charge is -2.33. The van der Waals surface area contributed by atoms with Gasteiger partial charge in [0.05, 0.1) is 6.54 Å².